The molecule has 19 heavy (non-hydrogen) atoms. The van der Waals surface area contributed by atoms with Crippen molar-refractivity contribution < 1.29 is 0 Å². The summed E-state index contributed by atoms with van der Waals surface area (Å²) in [6.07, 6.45) is 15.4. The van der Waals surface area contributed by atoms with Crippen LogP contribution < -0.4 is 4.84 Å². The van der Waals surface area contributed by atoms with Gasteiger partial charge in [-0.3, -0.25) is 0 Å². The fraction of sp³-hybridized carbons (Fsp3) is 1.00. The standard InChI is InChI=1S/C17H36ClN/c1-5-6-7-8-9-10-11-12-13-14-15-16(2)17(3,4)19-18/h16,19H,5-15H2,1-4H3. The molecular weight excluding hydrogens is 254 g/mol. The maximum atomic E-state index is 5.77. The minimum atomic E-state index is 0.0564. The average molecular weight is 290 g/mol. The monoisotopic (exact) mass is 289 g/mol. The predicted octanol–water partition coefficient (Wildman–Crippen LogP) is 6.46. The second kappa shape index (κ2) is 12.0. The SMILES string of the molecule is CCCCCCCCCCCCC(C)C(C)(C)NCl. The van der Waals surface area contributed by atoms with Crippen LogP contribution in [0, 0.1) is 5.92 Å². The molecule has 0 amide bonds. The summed E-state index contributed by atoms with van der Waals surface area (Å²) >= 11 is 5.77. The van der Waals surface area contributed by atoms with E-state index in [1.807, 2.05) is 0 Å². The van der Waals surface area contributed by atoms with Crippen molar-refractivity contribution in [1.82, 2.24) is 4.84 Å². The number of nitrogens with one attached hydrogen (secondary N) is 1. The van der Waals surface area contributed by atoms with Crippen LogP contribution in [0.1, 0.15) is 98.3 Å². The van der Waals surface area contributed by atoms with Crippen LogP contribution in [0.25, 0.3) is 0 Å². The first-order chi connectivity index (χ1) is 9.04. The van der Waals surface area contributed by atoms with E-state index in [0.29, 0.717) is 5.92 Å². The van der Waals surface area contributed by atoms with Crippen molar-refractivity contribution in [3.05, 3.63) is 0 Å². The molecule has 1 unspecified atom stereocenters. The van der Waals surface area contributed by atoms with Crippen molar-refractivity contribution in [3.63, 3.8) is 0 Å². The second-order valence-electron chi connectivity index (χ2n) is 6.69. The van der Waals surface area contributed by atoms with Crippen molar-refractivity contribution in [2.75, 3.05) is 0 Å². The zero-order valence-corrected chi connectivity index (χ0v) is 14.5. The van der Waals surface area contributed by atoms with E-state index in [4.69, 9.17) is 11.8 Å². The van der Waals surface area contributed by atoms with E-state index in [0.717, 1.165) is 0 Å². The van der Waals surface area contributed by atoms with Gasteiger partial charge in [0, 0.05) is 5.54 Å². The molecule has 0 aromatic heterocycles. The van der Waals surface area contributed by atoms with Gasteiger partial charge in [0.2, 0.25) is 0 Å². The summed E-state index contributed by atoms with van der Waals surface area (Å²) < 4.78 is 0. The fourth-order valence-corrected chi connectivity index (χ4v) is 2.58. The molecule has 1 nitrogen and oxygen atoms in total. The van der Waals surface area contributed by atoms with Crippen molar-refractivity contribution in [2.24, 2.45) is 5.92 Å². The molecule has 0 aromatic carbocycles. The van der Waals surface area contributed by atoms with Crippen LogP contribution in [0.5, 0.6) is 0 Å². The minimum absolute atomic E-state index is 0.0564. The lowest BCUT2D eigenvalue weighted by molar-refractivity contribution is 0.293. The van der Waals surface area contributed by atoms with Gasteiger partial charge in [-0.25, -0.2) is 4.84 Å². The van der Waals surface area contributed by atoms with Crippen molar-refractivity contribution in [3.8, 4) is 0 Å². The van der Waals surface area contributed by atoms with Gasteiger partial charge < -0.3 is 0 Å². The lowest BCUT2D eigenvalue weighted by Gasteiger charge is -2.30. The first-order valence-corrected chi connectivity index (χ1v) is 8.80. The molecule has 0 aromatic rings. The lowest BCUT2D eigenvalue weighted by atomic mass is 9.86. The predicted molar refractivity (Wildman–Crippen MR) is 88.7 cm³/mol. The van der Waals surface area contributed by atoms with Gasteiger partial charge >= 0.3 is 0 Å². The van der Waals surface area contributed by atoms with Crippen LogP contribution in [0.2, 0.25) is 0 Å². The Morgan fingerprint density at radius 1 is 0.842 bits per heavy atom. The summed E-state index contributed by atoms with van der Waals surface area (Å²) in [5.74, 6) is 0.638. The maximum absolute atomic E-state index is 5.77. The number of hydrogen-bond acceptors (Lipinski definition) is 1. The number of rotatable bonds is 13. The summed E-state index contributed by atoms with van der Waals surface area (Å²) in [6, 6.07) is 0. The molecule has 0 aliphatic heterocycles. The Morgan fingerprint density at radius 2 is 1.26 bits per heavy atom. The van der Waals surface area contributed by atoms with Gasteiger partial charge in [-0.15, -0.1) is 0 Å². The molecule has 116 valence electrons. The first-order valence-electron chi connectivity index (χ1n) is 8.42. The van der Waals surface area contributed by atoms with Gasteiger partial charge in [0.05, 0.1) is 0 Å². The smallest absolute Gasteiger partial charge is 0.0301 e. The summed E-state index contributed by atoms with van der Waals surface area (Å²) in [7, 11) is 0. The summed E-state index contributed by atoms with van der Waals surface area (Å²) in [4.78, 5) is 2.90. The normalized spacial score (nSPS) is 13.7. The van der Waals surface area contributed by atoms with Gasteiger partial charge in [0.1, 0.15) is 0 Å². The first kappa shape index (κ1) is 19.2. The zero-order valence-electron chi connectivity index (χ0n) is 13.7. The van der Waals surface area contributed by atoms with E-state index in [-0.39, 0.29) is 5.54 Å². The van der Waals surface area contributed by atoms with Crippen molar-refractivity contribution >= 4 is 11.8 Å². The second-order valence-corrected chi connectivity index (χ2v) is 6.88. The largest absolute Gasteiger partial charge is 0.228 e. The molecule has 0 aliphatic rings. The third-order valence-corrected chi connectivity index (χ3v) is 4.95. The van der Waals surface area contributed by atoms with E-state index >= 15 is 0 Å². The van der Waals surface area contributed by atoms with Crippen LogP contribution >= 0.6 is 11.8 Å². The number of unbranched alkanes of at least 4 members (excludes halogenated alkanes) is 9. The van der Waals surface area contributed by atoms with Crippen molar-refractivity contribution in [1.29, 1.82) is 0 Å². The van der Waals surface area contributed by atoms with E-state index in [9.17, 15) is 0 Å². The highest BCUT2D eigenvalue weighted by Crippen LogP contribution is 2.23. The quantitative estimate of drug-likeness (QED) is 0.303. The molecule has 0 fully saturated rings. The Bertz CT molecular complexity index is 192. The molecule has 0 radical (unpaired) electrons. The van der Waals surface area contributed by atoms with Crippen LogP contribution in [0.4, 0.5) is 0 Å². The molecular formula is C17H36ClN. The molecule has 0 bridgehead atoms. The van der Waals surface area contributed by atoms with Gasteiger partial charge in [-0.05, 0) is 38.0 Å². The highest BCUT2D eigenvalue weighted by atomic mass is 35.5. The highest BCUT2D eigenvalue weighted by Gasteiger charge is 2.23. The maximum Gasteiger partial charge on any atom is 0.0301 e. The topological polar surface area (TPSA) is 12.0 Å². The third kappa shape index (κ3) is 10.7. The molecule has 2 heteroatoms. The van der Waals surface area contributed by atoms with E-state index < -0.39 is 0 Å². The Morgan fingerprint density at radius 3 is 1.68 bits per heavy atom. The van der Waals surface area contributed by atoms with Crippen LogP contribution in [-0.4, -0.2) is 5.54 Å². The number of hydrogen-bond donors (Lipinski definition) is 1. The van der Waals surface area contributed by atoms with Crippen molar-refractivity contribution in [2.45, 2.75) is 104 Å². The molecule has 0 spiro atoms. The molecule has 1 N–H and O–H groups in total. The van der Waals surface area contributed by atoms with Crippen LogP contribution in [0.15, 0.2) is 0 Å². The van der Waals surface area contributed by atoms with Gasteiger partial charge in [0.25, 0.3) is 0 Å². The van der Waals surface area contributed by atoms with Gasteiger partial charge in [0.15, 0.2) is 0 Å². The van der Waals surface area contributed by atoms with E-state index in [1.54, 1.807) is 0 Å². The van der Waals surface area contributed by atoms with Crippen LogP contribution in [0.3, 0.4) is 0 Å². The minimum Gasteiger partial charge on any atom is -0.228 e. The summed E-state index contributed by atoms with van der Waals surface area (Å²) in [5.41, 5.74) is 0.0564. The molecule has 0 heterocycles. The molecule has 1 atom stereocenters. The lowest BCUT2D eigenvalue weighted by Crippen LogP contribution is -2.39. The van der Waals surface area contributed by atoms with E-state index in [1.165, 1.54) is 70.6 Å². The molecule has 0 saturated heterocycles. The fourth-order valence-electron chi connectivity index (χ4n) is 2.39. The molecule has 0 aliphatic carbocycles. The number of halogens is 1. The Labute approximate surface area is 127 Å². The van der Waals surface area contributed by atoms with E-state index in [2.05, 4.69) is 32.5 Å². The summed E-state index contributed by atoms with van der Waals surface area (Å²) in [6.45, 7) is 8.94. The van der Waals surface area contributed by atoms with Crippen LogP contribution in [-0.2, 0) is 0 Å². The molecule has 0 saturated carbocycles. The van der Waals surface area contributed by atoms with Gasteiger partial charge in [-0.1, -0.05) is 78.1 Å². The Kier molecular flexibility index (Phi) is 12.2. The third-order valence-electron chi connectivity index (χ3n) is 4.47. The average Bonchev–Trinajstić information content (AvgIpc) is 2.40. The zero-order chi connectivity index (χ0) is 14.6. The molecule has 0 rings (SSSR count). The van der Waals surface area contributed by atoms with Gasteiger partial charge in [-0.2, -0.15) is 0 Å². The highest BCUT2D eigenvalue weighted by molar-refractivity contribution is 6.13. The Hall–Kier alpha value is 0.250. The Balaban J connectivity index is 3.27. The summed E-state index contributed by atoms with van der Waals surface area (Å²) in [5, 5.41) is 0.